The first kappa shape index (κ1) is 8.61. The minimum absolute atomic E-state index is 0.778. The van der Waals surface area contributed by atoms with Gasteiger partial charge in [0.05, 0.1) is 0 Å². The Hall–Kier alpha value is -1.39. The summed E-state index contributed by atoms with van der Waals surface area (Å²) in [5.41, 5.74) is 0. The first-order chi connectivity index (χ1) is 4.52. The van der Waals surface area contributed by atoms with Gasteiger partial charge >= 0.3 is 17.9 Å². The van der Waals surface area contributed by atoms with Crippen molar-refractivity contribution < 1.29 is 24.2 Å². The predicted octanol–water partition coefficient (Wildman–Crippen LogP) is -0.449. The molecule has 0 radical (unpaired) electrons. The quantitative estimate of drug-likeness (QED) is 0.421. The molecule has 10 heavy (non-hydrogen) atoms. The average Bonchev–Trinajstić information content (AvgIpc) is 1.58. The molecule has 0 bridgehead atoms. The summed E-state index contributed by atoms with van der Waals surface area (Å²) in [6.07, 6.45) is -0.778. The van der Waals surface area contributed by atoms with Gasteiger partial charge in [-0.3, -0.25) is 14.4 Å². The van der Waals surface area contributed by atoms with Crippen LogP contribution in [-0.2, 0) is 19.1 Å². The number of carboxylic acid groups (broad SMARTS) is 1. The fourth-order valence-electron chi connectivity index (χ4n) is 0.320. The fourth-order valence-corrected chi connectivity index (χ4v) is 0.320. The van der Waals surface area contributed by atoms with Crippen molar-refractivity contribution in [3.63, 3.8) is 0 Å². The Kier molecular flexibility index (Phi) is 3.10. The Morgan fingerprint density at radius 1 is 1.40 bits per heavy atom. The lowest BCUT2D eigenvalue weighted by Crippen LogP contribution is -2.13. The Morgan fingerprint density at radius 2 is 1.90 bits per heavy atom. The summed E-state index contributed by atoms with van der Waals surface area (Å²) in [7, 11) is 0. The van der Waals surface area contributed by atoms with E-state index in [-0.39, 0.29) is 0 Å². The van der Waals surface area contributed by atoms with Gasteiger partial charge in [0.25, 0.3) is 0 Å². The third-order valence-corrected chi connectivity index (χ3v) is 0.553. The molecule has 0 atom stereocenters. The van der Waals surface area contributed by atoms with Crippen molar-refractivity contribution in [2.24, 2.45) is 0 Å². The van der Waals surface area contributed by atoms with E-state index in [1.807, 2.05) is 0 Å². The molecule has 0 saturated carbocycles. The summed E-state index contributed by atoms with van der Waals surface area (Å²) < 4.78 is 3.90. The largest absolute Gasteiger partial charge is 0.481 e. The van der Waals surface area contributed by atoms with E-state index in [2.05, 4.69) is 4.74 Å². The zero-order chi connectivity index (χ0) is 8.15. The molecule has 0 aromatic carbocycles. The number of carbonyl (C=O) groups is 3. The number of aliphatic carboxylic acids is 1. The van der Waals surface area contributed by atoms with Gasteiger partial charge in [0.2, 0.25) is 0 Å². The van der Waals surface area contributed by atoms with Crippen LogP contribution >= 0.6 is 0 Å². The lowest BCUT2D eigenvalue weighted by molar-refractivity contribution is -0.160. The zero-order valence-electron chi connectivity index (χ0n) is 5.29. The Bertz CT molecular complexity index is 153. The maximum absolute atomic E-state index is 10.2. The van der Waals surface area contributed by atoms with Gasteiger partial charge in [-0.2, -0.15) is 0 Å². The highest BCUT2D eigenvalue weighted by Gasteiger charge is 2.10. The van der Waals surface area contributed by atoms with Crippen molar-refractivity contribution >= 4 is 17.9 Å². The second-order valence-corrected chi connectivity index (χ2v) is 1.54. The minimum Gasteiger partial charge on any atom is -0.481 e. The summed E-state index contributed by atoms with van der Waals surface area (Å²) in [5.74, 6) is -3.16. The molecular formula is C5H6O5. The van der Waals surface area contributed by atoms with Gasteiger partial charge in [-0.05, 0) is 0 Å². The van der Waals surface area contributed by atoms with Crippen LogP contribution in [0.5, 0.6) is 0 Å². The SMILES string of the molecule is CC(=O)OC(=O)CC(=O)O. The first-order valence-electron chi connectivity index (χ1n) is 2.45. The predicted molar refractivity (Wildman–Crippen MR) is 29.0 cm³/mol. The average molecular weight is 146 g/mol. The number of hydrogen-bond donors (Lipinski definition) is 1. The van der Waals surface area contributed by atoms with Crippen molar-refractivity contribution in [2.75, 3.05) is 0 Å². The molecule has 0 amide bonds. The van der Waals surface area contributed by atoms with Gasteiger partial charge in [-0.1, -0.05) is 0 Å². The number of carbonyl (C=O) groups excluding carboxylic acids is 2. The van der Waals surface area contributed by atoms with Crippen LogP contribution in [0.2, 0.25) is 0 Å². The van der Waals surface area contributed by atoms with Gasteiger partial charge in [0.15, 0.2) is 0 Å². The van der Waals surface area contributed by atoms with Crippen LogP contribution in [0.3, 0.4) is 0 Å². The Morgan fingerprint density at radius 3 is 2.20 bits per heavy atom. The number of hydrogen-bond acceptors (Lipinski definition) is 4. The molecule has 1 N–H and O–H groups in total. The van der Waals surface area contributed by atoms with E-state index in [4.69, 9.17) is 5.11 Å². The third-order valence-electron chi connectivity index (χ3n) is 0.553. The van der Waals surface area contributed by atoms with Crippen LogP contribution in [0.1, 0.15) is 13.3 Å². The maximum Gasteiger partial charge on any atom is 0.324 e. The van der Waals surface area contributed by atoms with Crippen LogP contribution in [0.15, 0.2) is 0 Å². The molecule has 56 valence electrons. The smallest absolute Gasteiger partial charge is 0.324 e. The van der Waals surface area contributed by atoms with Crippen molar-refractivity contribution in [3.05, 3.63) is 0 Å². The fraction of sp³-hybridized carbons (Fsp3) is 0.400. The van der Waals surface area contributed by atoms with Gasteiger partial charge in [-0.25, -0.2) is 0 Å². The molecule has 5 heteroatoms. The van der Waals surface area contributed by atoms with Gasteiger partial charge < -0.3 is 9.84 Å². The molecule has 0 saturated heterocycles. The summed E-state index contributed by atoms with van der Waals surface area (Å²) in [6.45, 7) is 1.03. The highest BCUT2D eigenvalue weighted by molar-refractivity contribution is 5.94. The number of carboxylic acids is 1. The van der Waals surface area contributed by atoms with Crippen LogP contribution in [0, 0.1) is 0 Å². The monoisotopic (exact) mass is 146 g/mol. The van der Waals surface area contributed by atoms with Crippen molar-refractivity contribution in [1.29, 1.82) is 0 Å². The van der Waals surface area contributed by atoms with E-state index >= 15 is 0 Å². The second kappa shape index (κ2) is 3.60. The molecule has 0 aliphatic carbocycles. The lowest BCUT2D eigenvalue weighted by Gasteiger charge is -1.93. The molecule has 0 aromatic rings. The molecule has 0 rings (SSSR count). The standard InChI is InChI=1S/C5H6O5/c1-3(6)10-5(9)2-4(7)8/h2H2,1H3,(H,7,8). The zero-order valence-corrected chi connectivity index (χ0v) is 5.29. The lowest BCUT2D eigenvalue weighted by atomic mass is 10.4. The summed E-state index contributed by atoms with van der Waals surface area (Å²) in [5, 5.41) is 7.98. The Labute approximate surface area is 56.6 Å². The topological polar surface area (TPSA) is 80.7 Å². The van der Waals surface area contributed by atoms with E-state index in [1.54, 1.807) is 0 Å². The molecule has 0 aliphatic rings. The second-order valence-electron chi connectivity index (χ2n) is 1.54. The van der Waals surface area contributed by atoms with Crippen LogP contribution in [0.4, 0.5) is 0 Å². The van der Waals surface area contributed by atoms with Crippen molar-refractivity contribution in [3.8, 4) is 0 Å². The van der Waals surface area contributed by atoms with E-state index in [0.717, 1.165) is 6.92 Å². The maximum atomic E-state index is 10.2. The molecular weight excluding hydrogens is 140 g/mol. The van der Waals surface area contributed by atoms with E-state index in [9.17, 15) is 14.4 Å². The third kappa shape index (κ3) is 4.76. The number of esters is 2. The molecule has 0 unspecified atom stereocenters. The molecule has 0 fully saturated rings. The van der Waals surface area contributed by atoms with Crippen molar-refractivity contribution in [1.82, 2.24) is 0 Å². The van der Waals surface area contributed by atoms with Crippen LogP contribution in [0.25, 0.3) is 0 Å². The summed E-state index contributed by atoms with van der Waals surface area (Å²) in [4.78, 5) is 30.0. The first-order valence-corrected chi connectivity index (χ1v) is 2.45. The van der Waals surface area contributed by atoms with Gasteiger partial charge in [0, 0.05) is 6.92 Å². The molecule has 0 aromatic heterocycles. The van der Waals surface area contributed by atoms with Crippen LogP contribution in [-0.4, -0.2) is 23.0 Å². The van der Waals surface area contributed by atoms with E-state index < -0.39 is 24.3 Å². The van der Waals surface area contributed by atoms with Crippen molar-refractivity contribution in [2.45, 2.75) is 13.3 Å². The minimum atomic E-state index is -1.31. The highest BCUT2D eigenvalue weighted by Crippen LogP contribution is 1.85. The van der Waals surface area contributed by atoms with E-state index in [0.29, 0.717) is 0 Å². The molecule has 0 aliphatic heterocycles. The summed E-state index contributed by atoms with van der Waals surface area (Å²) >= 11 is 0. The molecule has 5 nitrogen and oxygen atoms in total. The molecule has 0 heterocycles. The number of ether oxygens (including phenoxy) is 1. The van der Waals surface area contributed by atoms with Gasteiger partial charge in [0.1, 0.15) is 6.42 Å². The normalized spacial score (nSPS) is 8.50. The number of rotatable bonds is 2. The Balaban J connectivity index is 3.65. The highest BCUT2D eigenvalue weighted by atomic mass is 16.6. The summed E-state index contributed by atoms with van der Waals surface area (Å²) in [6, 6.07) is 0. The van der Waals surface area contributed by atoms with E-state index in [1.165, 1.54) is 0 Å². The molecule has 0 spiro atoms. The van der Waals surface area contributed by atoms with Gasteiger partial charge in [-0.15, -0.1) is 0 Å². The van der Waals surface area contributed by atoms with Crippen LogP contribution < -0.4 is 0 Å².